The summed E-state index contributed by atoms with van der Waals surface area (Å²) in [6.07, 6.45) is 5.71. The van der Waals surface area contributed by atoms with Crippen LogP contribution in [0.3, 0.4) is 0 Å². The number of β-amino-alcohol motifs (C(OH)–C–C–N with tert-alkyl or cyclic N) is 1. The Morgan fingerprint density at radius 2 is 2.03 bits per heavy atom. The highest BCUT2D eigenvalue weighted by molar-refractivity contribution is 5.88. The predicted octanol–water partition coefficient (Wildman–Crippen LogP) is 3.91. The number of hydrogen-bond acceptors (Lipinski definition) is 4. The predicted molar refractivity (Wildman–Crippen MR) is 129 cm³/mol. The molecule has 6 nitrogen and oxygen atoms in total. The molecule has 0 spiro atoms. The number of aromatic nitrogens is 2. The molecular formula is C27H26F2N4O2. The van der Waals surface area contributed by atoms with Crippen molar-refractivity contribution >= 4 is 22.7 Å². The number of halogens is 2. The van der Waals surface area contributed by atoms with Gasteiger partial charge in [-0.05, 0) is 65.7 Å². The lowest BCUT2D eigenvalue weighted by atomic mass is 9.83. The maximum absolute atomic E-state index is 14.0. The Hall–Kier alpha value is -3.33. The normalized spacial score (nSPS) is 27.7. The summed E-state index contributed by atoms with van der Waals surface area (Å²) in [6.45, 7) is 1.43. The van der Waals surface area contributed by atoms with Gasteiger partial charge in [0.25, 0.3) is 0 Å². The minimum absolute atomic E-state index is 0.193. The molecule has 8 heteroatoms. The molecule has 1 aliphatic carbocycles. The Morgan fingerprint density at radius 1 is 1.17 bits per heavy atom. The Kier molecular flexibility index (Phi) is 5.32. The zero-order valence-corrected chi connectivity index (χ0v) is 19.2. The lowest BCUT2D eigenvalue weighted by Crippen LogP contribution is -2.30. The van der Waals surface area contributed by atoms with Crippen LogP contribution in [0.15, 0.2) is 60.5 Å². The van der Waals surface area contributed by atoms with Crippen LogP contribution in [0.1, 0.15) is 22.7 Å². The van der Waals surface area contributed by atoms with Crippen LogP contribution in [0, 0.1) is 17.1 Å². The Morgan fingerprint density at radius 3 is 2.83 bits per heavy atom. The molecule has 3 N–H and O–H groups in total. The van der Waals surface area contributed by atoms with E-state index in [2.05, 4.69) is 9.88 Å². The highest BCUT2D eigenvalue weighted by Crippen LogP contribution is 2.39. The van der Waals surface area contributed by atoms with E-state index in [9.17, 15) is 13.9 Å². The number of allylic oxidation sites excluding steroid dienone is 2. The first-order chi connectivity index (χ1) is 16.9. The maximum Gasteiger partial charge on any atom is 0.200 e. The van der Waals surface area contributed by atoms with Crippen molar-refractivity contribution in [2.45, 2.75) is 24.9 Å². The number of hydrogen-bond donors (Lipinski definition) is 3. The van der Waals surface area contributed by atoms with E-state index in [1.807, 2.05) is 35.9 Å². The van der Waals surface area contributed by atoms with Gasteiger partial charge in [-0.25, -0.2) is 8.78 Å². The van der Waals surface area contributed by atoms with Crippen LogP contribution < -0.4 is 5.62 Å². The summed E-state index contributed by atoms with van der Waals surface area (Å²) in [6, 6.07) is 10.4. The van der Waals surface area contributed by atoms with E-state index >= 15 is 0 Å². The summed E-state index contributed by atoms with van der Waals surface area (Å²) in [5.41, 5.74) is 5.28. The van der Waals surface area contributed by atoms with E-state index in [0.717, 1.165) is 33.3 Å². The van der Waals surface area contributed by atoms with E-state index in [1.165, 1.54) is 24.3 Å². The fourth-order valence-electron chi connectivity index (χ4n) is 5.55. The number of nitrogens with zero attached hydrogens (tertiary/aromatic N) is 2. The quantitative estimate of drug-likeness (QED) is 0.525. The maximum atomic E-state index is 14.0. The Balaban J connectivity index is 1.46. The molecule has 0 radical (unpaired) electrons. The molecule has 6 rings (SSSR count). The summed E-state index contributed by atoms with van der Waals surface area (Å²) < 4.78 is 35.8. The molecule has 2 unspecified atom stereocenters. The van der Waals surface area contributed by atoms with Gasteiger partial charge in [-0.2, -0.15) is 0 Å². The van der Waals surface area contributed by atoms with E-state index in [4.69, 9.17) is 10.1 Å². The van der Waals surface area contributed by atoms with Gasteiger partial charge in [0.2, 0.25) is 5.62 Å². The van der Waals surface area contributed by atoms with Crippen molar-refractivity contribution in [3.63, 3.8) is 0 Å². The van der Waals surface area contributed by atoms with Gasteiger partial charge >= 0.3 is 0 Å². The van der Waals surface area contributed by atoms with Crippen molar-refractivity contribution in [2.24, 2.45) is 5.92 Å². The smallest absolute Gasteiger partial charge is 0.200 e. The van der Waals surface area contributed by atoms with Gasteiger partial charge < -0.3 is 24.3 Å². The second-order valence-electron chi connectivity index (χ2n) is 9.59. The molecule has 0 bridgehead atoms. The Bertz CT molecular complexity index is 1470. The van der Waals surface area contributed by atoms with E-state index in [-0.39, 0.29) is 35.8 Å². The lowest BCUT2D eigenvalue weighted by Gasteiger charge is -2.24. The molecule has 0 saturated carbocycles. The molecule has 3 aliphatic rings. The van der Waals surface area contributed by atoms with E-state index in [0.29, 0.717) is 13.1 Å². The van der Waals surface area contributed by atoms with Crippen LogP contribution in [-0.2, 0) is 11.3 Å². The van der Waals surface area contributed by atoms with Crippen LogP contribution in [0.25, 0.3) is 22.7 Å². The van der Waals surface area contributed by atoms with Crippen LogP contribution in [0.5, 0.6) is 0 Å². The average molecular weight is 477 g/mol. The van der Waals surface area contributed by atoms with Crippen LogP contribution in [0.4, 0.5) is 8.78 Å². The van der Waals surface area contributed by atoms with Gasteiger partial charge in [-0.3, -0.25) is 5.41 Å². The summed E-state index contributed by atoms with van der Waals surface area (Å²) in [4.78, 5) is 5.20. The summed E-state index contributed by atoms with van der Waals surface area (Å²) in [5.74, 6) is -0.905. The standard InChI is InChI=1S/C27H26F2N4O2/c1-32-12-24(25(34)13-32)33-23-7-2-15(9-22(23)31-27(33)30)8-21-19-5-3-17(28)10-16(19)14-35-26-11-18(29)4-6-20(21)26/h2-11,20,24-26,34H,12-14H2,1H3,(H2,30,31)/b21-8+/t20?,24-,25+,26?/m0/s1. The van der Waals surface area contributed by atoms with Gasteiger partial charge in [-0.1, -0.05) is 24.3 Å². The van der Waals surface area contributed by atoms with Crippen molar-refractivity contribution in [1.29, 1.82) is 5.41 Å². The number of likely N-dealkylation sites (tertiary alicyclic amines) is 1. The lowest BCUT2D eigenvalue weighted by molar-refractivity contribution is 0.0599. The van der Waals surface area contributed by atoms with Crippen LogP contribution in [-0.4, -0.2) is 51.9 Å². The molecule has 3 aromatic rings. The largest absolute Gasteiger partial charge is 0.390 e. The molecule has 1 saturated heterocycles. The SMILES string of the molecule is CN1C[C@@H](O)[C@@H](n2c(=N)[nH]c3cc(/C=C4\c5ccc(F)cc5COC5C=C(F)C=CC45)ccc32)C1. The minimum Gasteiger partial charge on any atom is -0.390 e. The first kappa shape index (κ1) is 22.2. The molecule has 1 fully saturated rings. The third-order valence-corrected chi connectivity index (χ3v) is 7.18. The van der Waals surface area contributed by atoms with Gasteiger partial charge in [0.15, 0.2) is 0 Å². The number of benzene rings is 2. The zero-order chi connectivity index (χ0) is 24.3. The van der Waals surface area contributed by atoms with Crippen molar-refractivity contribution in [3.8, 4) is 0 Å². The fraction of sp³-hybridized carbons (Fsp3) is 0.296. The molecule has 0 amide bonds. The molecule has 35 heavy (non-hydrogen) atoms. The van der Waals surface area contributed by atoms with Gasteiger partial charge in [0, 0.05) is 19.0 Å². The number of fused-ring (bicyclic) bond motifs is 3. The number of ether oxygens (including phenoxy) is 1. The molecule has 180 valence electrons. The molecule has 3 heterocycles. The Labute approximate surface area is 201 Å². The summed E-state index contributed by atoms with van der Waals surface area (Å²) in [5, 5.41) is 19.0. The van der Waals surface area contributed by atoms with E-state index < -0.39 is 12.2 Å². The number of likely N-dealkylation sites (N-methyl/N-ethyl adjacent to an activating group) is 1. The van der Waals surface area contributed by atoms with Crippen LogP contribution in [0.2, 0.25) is 0 Å². The minimum atomic E-state index is -0.541. The first-order valence-electron chi connectivity index (χ1n) is 11.7. The second-order valence-corrected chi connectivity index (χ2v) is 9.59. The number of nitrogens with one attached hydrogen (secondary N) is 2. The van der Waals surface area contributed by atoms with Crippen molar-refractivity contribution < 1.29 is 18.6 Å². The molecular weight excluding hydrogens is 450 g/mol. The number of aliphatic hydroxyl groups excluding tert-OH is 1. The number of imidazole rings is 1. The molecule has 4 atom stereocenters. The highest BCUT2D eigenvalue weighted by atomic mass is 19.1. The van der Waals surface area contributed by atoms with Gasteiger partial charge in [-0.15, -0.1) is 0 Å². The summed E-state index contributed by atoms with van der Waals surface area (Å²) >= 11 is 0. The van der Waals surface area contributed by atoms with Gasteiger partial charge in [0.1, 0.15) is 11.6 Å². The molecule has 2 aromatic carbocycles. The van der Waals surface area contributed by atoms with E-state index in [1.54, 1.807) is 12.1 Å². The third-order valence-electron chi connectivity index (χ3n) is 7.18. The average Bonchev–Trinajstić information content (AvgIpc) is 3.27. The summed E-state index contributed by atoms with van der Waals surface area (Å²) in [7, 11) is 1.96. The van der Waals surface area contributed by atoms with Gasteiger partial charge in [0.05, 0.1) is 35.9 Å². The number of H-pyrrole nitrogens is 1. The van der Waals surface area contributed by atoms with Crippen molar-refractivity contribution in [3.05, 3.63) is 88.6 Å². The molecule has 2 aliphatic heterocycles. The van der Waals surface area contributed by atoms with Crippen molar-refractivity contribution in [2.75, 3.05) is 20.1 Å². The number of aromatic amines is 1. The topological polar surface area (TPSA) is 77.3 Å². The number of aliphatic hydroxyl groups is 1. The second kappa shape index (κ2) is 8.41. The highest BCUT2D eigenvalue weighted by Gasteiger charge is 2.33. The fourth-order valence-corrected chi connectivity index (χ4v) is 5.55. The van der Waals surface area contributed by atoms with Crippen LogP contribution >= 0.6 is 0 Å². The molecule has 1 aromatic heterocycles. The van der Waals surface area contributed by atoms with Crippen molar-refractivity contribution in [1.82, 2.24) is 14.5 Å². The third kappa shape index (κ3) is 3.87. The first-order valence-corrected chi connectivity index (χ1v) is 11.7. The monoisotopic (exact) mass is 476 g/mol. The number of rotatable bonds is 2. The zero-order valence-electron chi connectivity index (χ0n) is 19.2.